The molecule has 0 spiro atoms. The van der Waals surface area contributed by atoms with Gasteiger partial charge in [0.25, 0.3) is 0 Å². The van der Waals surface area contributed by atoms with Gasteiger partial charge in [0.05, 0.1) is 18.8 Å². The first-order valence-electron chi connectivity index (χ1n) is 7.61. The highest BCUT2D eigenvalue weighted by Gasteiger charge is 2.19. The van der Waals surface area contributed by atoms with E-state index in [0.29, 0.717) is 0 Å². The van der Waals surface area contributed by atoms with Crippen molar-refractivity contribution >= 4 is 0 Å². The minimum Gasteiger partial charge on any atom is -0.380 e. The van der Waals surface area contributed by atoms with Crippen LogP contribution in [0.4, 0.5) is 0 Å². The summed E-state index contributed by atoms with van der Waals surface area (Å²) in [4.78, 5) is 0. The Labute approximate surface area is 117 Å². The molecule has 0 aliphatic rings. The van der Waals surface area contributed by atoms with Gasteiger partial charge in [-0.3, -0.25) is 4.68 Å². The van der Waals surface area contributed by atoms with E-state index in [1.165, 1.54) is 11.3 Å². The highest BCUT2D eigenvalue weighted by Crippen LogP contribution is 2.24. The lowest BCUT2D eigenvalue weighted by atomic mass is 10.00. The predicted molar refractivity (Wildman–Crippen MR) is 79.3 cm³/mol. The van der Waals surface area contributed by atoms with Crippen LogP contribution in [0.3, 0.4) is 0 Å². The van der Waals surface area contributed by atoms with Gasteiger partial charge in [0.1, 0.15) is 0 Å². The van der Waals surface area contributed by atoms with Gasteiger partial charge in [-0.05, 0) is 25.7 Å². The van der Waals surface area contributed by atoms with Gasteiger partial charge in [-0.15, -0.1) is 0 Å². The fraction of sp³-hybridized carbons (Fsp3) is 0.800. The van der Waals surface area contributed by atoms with E-state index >= 15 is 0 Å². The van der Waals surface area contributed by atoms with Gasteiger partial charge >= 0.3 is 0 Å². The largest absolute Gasteiger partial charge is 0.380 e. The van der Waals surface area contributed by atoms with E-state index in [0.717, 1.165) is 51.1 Å². The van der Waals surface area contributed by atoms with Crippen LogP contribution in [0, 0.1) is 0 Å². The van der Waals surface area contributed by atoms with E-state index in [4.69, 9.17) is 15.6 Å². The van der Waals surface area contributed by atoms with E-state index < -0.39 is 0 Å². The lowest BCUT2D eigenvalue weighted by Gasteiger charge is -2.12. The Kier molecular flexibility index (Phi) is 7.10. The first kappa shape index (κ1) is 16.2. The van der Waals surface area contributed by atoms with Crippen LogP contribution in [0.2, 0.25) is 0 Å². The summed E-state index contributed by atoms with van der Waals surface area (Å²) in [6, 6.07) is 0.107. The SMILES string of the molecule is CCCOCCn1nc(CC)c(C(N)CC)c1CC. The van der Waals surface area contributed by atoms with Gasteiger partial charge in [0.2, 0.25) is 0 Å². The molecule has 1 atom stereocenters. The van der Waals surface area contributed by atoms with Gasteiger partial charge in [-0.1, -0.05) is 27.7 Å². The second-order valence-corrected chi connectivity index (χ2v) is 4.86. The molecule has 1 heterocycles. The molecule has 0 radical (unpaired) electrons. The average Bonchev–Trinajstić information content (AvgIpc) is 2.80. The van der Waals surface area contributed by atoms with Crippen molar-refractivity contribution in [2.75, 3.05) is 13.2 Å². The summed E-state index contributed by atoms with van der Waals surface area (Å²) in [6.45, 7) is 10.9. The van der Waals surface area contributed by atoms with E-state index in [1.807, 2.05) is 0 Å². The Bertz CT molecular complexity index is 374. The minimum atomic E-state index is 0.107. The van der Waals surface area contributed by atoms with Crippen molar-refractivity contribution in [2.24, 2.45) is 5.73 Å². The summed E-state index contributed by atoms with van der Waals surface area (Å²) in [7, 11) is 0. The second kappa shape index (κ2) is 8.33. The van der Waals surface area contributed by atoms with Crippen LogP contribution in [0.15, 0.2) is 0 Å². The van der Waals surface area contributed by atoms with Crippen LogP contribution in [-0.4, -0.2) is 23.0 Å². The van der Waals surface area contributed by atoms with Crippen molar-refractivity contribution in [3.8, 4) is 0 Å². The highest BCUT2D eigenvalue weighted by atomic mass is 16.5. The van der Waals surface area contributed by atoms with Crippen LogP contribution < -0.4 is 5.73 Å². The van der Waals surface area contributed by atoms with Crippen LogP contribution in [0.1, 0.15) is 63.5 Å². The quantitative estimate of drug-likeness (QED) is 0.700. The molecule has 0 aliphatic carbocycles. The van der Waals surface area contributed by atoms with Gasteiger partial charge < -0.3 is 10.5 Å². The fourth-order valence-electron chi connectivity index (χ4n) is 2.41. The number of hydrogen-bond acceptors (Lipinski definition) is 3. The molecule has 0 saturated carbocycles. The van der Waals surface area contributed by atoms with Gasteiger partial charge in [-0.25, -0.2) is 0 Å². The summed E-state index contributed by atoms with van der Waals surface area (Å²) < 4.78 is 7.66. The van der Waals surface area contributed by atoms with Crippen LogP contribution in [-0.2, 0) is 24.1 Å². The normalized spacial score (nSPS) is 12.9. The molecule has 0 aliphatic heterocycles. The van der Waals surface area contributed by atoms with E-state index in [-0.39, 0.29) is 6.04 Å². The molecule has 1 unspecified atom stereocenters. The number of nitrogens with zero attached hydrogens (tertiary/aromatic N) is 2. The smallest absolute Gasteiger partial charge is 0.0672 e. The maximum absolute atomic E-state index is 6.25. The van der Waals surface area contributed by atoms with Crippen LogP contribution >= 0.6 is 0 Å². The lowest BCUT2D eigenvalue weighted by molar-refractivity contribution is 0.123. The Morgan fingerprint density at radius 3 is 2.42 bits per heavy atom. The number of aromatic nitrogens is 2. The van der Waals surface area contributed by atoms with Gasteiger partial charge in [0.15, 0.2) is 0 Å². The molecular formula is C15H29N3O. The lowest BCUT2D eigenvalue weighted by Crippen LogP contribution is -2.14. The molecule has 0 fully saturated rings. The molecule has 1 aromatic heterocycles. The Morgan fingerprint density at radius 2 is 1.89 bits per heavy atom. The zero-order valence-electron chi connectivity index (χ0n) is 12.9. The molecule has 0 amide bonds. The highest BCUT2D eigenvalue weighted by molar-refractivity contribution is 5.30. The molecule has 110 valence electrons. The third-order valence-electron chi connectivity index (χ3n) is 3.45. The molecule has 1 aromatic rings. The number of ether oxygens (including phenoxy) is 1. The summed E-state index contributed by atoms with van der Waals surface area (Å²) in [5.74, 6) is 0. The third kappa shape index (κ3) is 4.05. The zero-order valence-corrected chi connectivity index (χ0v) is 12.9. The van der Waals surface area contributed by atoms with Crippen molar-refractivity contribution in [2.45, 2.75) is 66.0 Å². The molecule has 0 bridgehead atoms. The molecular weight excluding hydrogens is 238 g/mol. The Balaban J connectivity index is 2.88. The number of rotatable bonds is 9. The number of hydrogen-bond donors (Lipinski definition) is 1. The van der Waals surface area contributed by atoms with E-state index in [9.17, 15) is 0 Å². The van der Waals surface area contributed by atoms with Crippen LogP contribution in [0.5, 0.6) is 0 Å². The summed E-state index contributed by atoms with van der Waals surface area (Å²) in [5, 5.41) is 4.72. The first-order valence-corrected chi connectivity index (χ1v) is 7.61. The summed E-state index contributed by atoms with van der Waals surface area (Å²) in [6.07, 6.45) is 3.94. The van der Waals surface area contributed by atoms with Gasteiger partial charge in [0, 0.05) is 23.9 Å². The van der Waals surface area contributed by atoms with Gasteiger partial charge in [-0.2, -0.15) is 5.10 Å². The molecule has 1 rings (SSSR count). The summed E-state index contributed by atoms with van der Waals surface area (Å²) in [5.41, 5.74) is 9.96. The molecule has 2 N–H and O–H groups in total. The van der Waals surface area contributed by atoms with Crippen molar-refractivity contribution in [3.63, 3.8) is 0 Å². The molecule has 0 aromatic carbocycles. The van der Waals surface area contributed by atoms with E-state index in [1.54, 1.807) is 0 Å². The molecule has 0 saturated heterocycles. The van der Waals surface area contributed by atoms with E-state index in [2.05, 4.69) is 32.4 Å². The average molecular weight is 267 g/mol. The standard InChI is InChI=1S/C15H29N3O/c1-5-10-19-11-9-18-14(8-4)15(12(16)6-2)13(7-3)17-18/h12H,5-11,16H2,1-4H3. The van der Waals surface area contributed by atoms with Crippen molar-refractivity contribution in [1.82, 2.24) is 9.78 Å². The monoisotopic (exact) mass is 267 g/mol. The molecule has 19 heavy (non-hydrogen) atoms. The first-order chi connectivity index (χ1) is 9.19. The van der Waals surface area contributed by atoms with Crippen molar-refractivity contribution in [3.05, 3.63) is 17.0 Å². The Hall–Kier alpha value is -0.870. The van der Waals surface area contributed by atoms with Crippen molar-refractivity contribution in [1.29, 1.82) is 0 Å². The number of aryl methyl sites for hydroxylation is 1. The van der Waals surface area contributed by atoms with Crippen molar-refractivity contribution < 1.29 is 4.74 Å². The topological polar surface area (TPSA) is 53.1 Å². The zero-order chi connectivity index (χ0) is 14.3. The maximum Gasteiger partial charge on any atom is 0.0672 e. The fourth-order valence-corrected chi connectivity index (χ4v) is 2.41. The number of nitrogens with two attached hydrogens (primary N) is 1. The molecule has 4 nitrogen and oxygen atoms in total. The molecule has 4 heteroatoms. The third-order valence-corrected chi connectivity index (χ3v) is 3.45. The second-order valence-electron chi connectivity index (χ2n) is 4.86. The maximum atomic E-state index is 6.25. The van der Waals surface area contributed by atoms with Crippen LogP contribution in [0.25, 0.3) is 0 Å². The minimum absolute atomic E-state index is 0.107. The summed E-state index contributed by atoms with van der Waals surface area (Å²) >= 11 is 0. The predicted octanol–water partition coefficient (Wildman–Crippen LogP) is 2.84. The Morgan fingerprint density at radius 1 is 1.16 bits per heavy atom.